The fourth-order valence-corrected chi connectivity index (χ4v) is 2.89. The number of aromatic amines is 1. The van der Waals surface area contributed by atoms with Crippen molar-refractivity contribution in [2.75, 3.05) is 7.05 Å². The minimum Gasteiger partial charge on any atom is -0.346 e. The molecular weight excluding hydrogens is 212 g/mol. The lowest BCUT2D eigenvalue weighted by atomic mass is 9.99. The van der Waals surface area contributed by atoms with E-state index in [4.69, 9.17) is 0 Å². The maximum absolute atomic E-state index is 4.55. The Bertz CT molecular complexity index is 511. The number of fused-ring (bicyclic) bond motifs is 1. The third kappa shape index (κ3) is 1.82. The molecule has 0 unspecified atom stereocenters. The van der Waals surface area contributed by atoms with E-state index < -0.39 is 0 Å². The Morgan fingerprint density at radius 3 is 2.94 bits per heavy atom. The van der Waals surface area contributed by atoms with Gasteiger partial charge in [0.15, 0.2) is 0 Å². The van der Waals surface area contributed by atoms with Crippen LogP contribution < -0.4 is 5.32 Å². The Labute approximate surface area is 101 Å². The SMILES string of the molecule is CNCc1c[nH]c2ncnc(C3CCCC3)c12. The van der Waals surface area contributed by atoms with Crippen LogP contribution in [-0.2, 0) is 6.54 Å². The molecule has 2 aromatic heterocycles. The van der Waals surface area contributed by atoms with Gasteiger partial charge in [0.05, 0.1) is 5.69 Å². The van der Waals surface area contributed by atoms with Crippen molar-refractivity contribution in [2.45, 2.75) is 38.1 Å². The van der Waals surface area contributed by atoms with E-state index in [0.717, 1.165) is 12.2 Å². The van der Waals surface area contributed by atoms with Crippen molar-refractivity contribution in [1.29, 1.82) is 0 Å². The zero-order valence-electron chi connectivity index (χ0n) is 10.2. The van der Waals surface area contributed by atoms with E-state index >= 15 is 0 Å². The predicted molar refractivity (Wildman–Crippen MR) is 67.9 cm³/mol. The van der Waals surface area contributed by atoms with E-state index in [1.54, 1.807) is 6.33 Å². The van der Waals surface area contributed by atoms with Gasteiger partial charge in [-0.05, 0) is 25.5 Å². The summed E-state index contributed by atoms with van der Waals surface area (Å²) in [6, 6.07) is 0. The van der Waals surface area contributed by atoms with Crippen LogP contribution in [0.5, 0.6) is 0 Å². The Balaban J connectivity index is 2.11. The summed E-state index contributed by atoms with van der Waals surface area (Å²) in [4.78, 5) is 12.1. The summed E-state index contributed by atoms with van der Waals surface area (Å²) in [5.41, 5.74) is 3.51. The van der Waals surface area contributed by atoms with E-state index in [2.05, 4.69) is 20.3 Å². The van der Waals surface area contributed by atoms with Crippen LogP contribution in [-0.4, -0.2) is 22.0 Å². The van der Waals surface area contributed by atoms with Gasteiger partial charge < -0.3 is 10.3 Å². The molecule has 0 aliphatic heterocycles. The Morgan fingerprint density at radius 2 is 2.18 bits per heavy atom. The number of rotatable bonds is 3. The monoisotopic (exact) mass is 230 g/mol. The van der Waals surface area contributed by atoms with Crippen molar-refractivity contribution in [3.8, 4) is 0 Å². The molecule has 2 heterocycles. The first kappa shape index (κ1) is 10.7. The molecule has 4 heteroatoms. The summed E-state index contributed by atoms with van der Waals surface area (Å²) >= 11 is 0. The third-order valence-electron chi connectivity index (χ3n) is 3.69. The molecule has 3 rings (SSSR count). The first-order valence-corrected chi connectivity index (χ1v) is 6.35. The molecule has 90 valence electrons. The largest absolute Gasteiger partial charge is 0.346 e. The van der Waals surface area contributed by atoms with Crippen molar-refractivity contribution in [2.24, 2.45) is 0 Å². The van der Waals surface area contributed by atoms with Crippen molar-refractivity contribution >= 4 is 11.0 Å². The molecular formula is C13H18N4. The minimum absolute atomic E-state index is 0.631. The smallest absolute Gasteiger partial charge is 0.141 e. The van der Waals surface area contributed by atoms with Gasteiger partial charge in [-0.1, -0.05) is 12.8 Å². The highest BCUT2D eigenvalue weighted by Crippen LogP contribution is 2.36. The van der Waals surface area contributed by atoms with Crippen LogP contribution in [0.2, 0.25) is 0 Å². The molecule has 1 saturated carbocycles. The van der Waals surface area contributed by atoms with Crippen molar-refractivity contribution in [3.63, 3.8) is 0 Å². The van der Waals surface area contributed by atoms with Gasteiger partial charge in [0, 0.05) is 24.0 Å². The van der Waals surface area contributed by atoms with Crippen LogP contribution in [0.3, 0.4) is 0 Å². The summed E-state index contributed by atoms with van der Waals surface area (Å²) < 4.78 is 0. The van der Waals surface area contributed by atoms with E-state index in [9.17, 15) is 0 Å². The number of aromatic nitrogens is 3. The fraction of sp³-hybridized carbons (Fsp3) is 0.538. The average Bonchev–Trinajstić information content (AvgIpc) is 2.98. The Hall–Kier alpha value is -1.42. The summed E-state index contributed by atoms with van der Waals surface area (Å²) in [6.07, 6.45) is 8.96. The zero-order valence-corrected chi connectivity index (χ0v) is 10.2. The first-order chi connectivity index (χ1) is 8.40. The lowest BCUT2D eigenvalue weighted by molar-refractivity contribution is 0.701. The molecule has 0 saturated heterocycles. The van der Waals surface area contributed by atoms with Gasteiger partial charge in [0.25, 0.3) is 0 Å². The minimum atomic E-state index is 0.631. The van der Waals surface area contributed by atoms with Crippen LogP contribution in [0.1, 0.15) is 42.9 Å². The Morgan fingerprint density at radius 1 is 1.35 bits per heavy atom. The summed E-state index contributed by atoms with van der Waals surface area (Å²) in [7, 11) is 1.97. The van der Waals surface area contributed by atoms with Crippen LogP contribution in [0.25, 0.3) is 11.0 Å². The van der Waals surface area contributed by atoms with Crippen LogP contribution in [0, 0.1) is 0 Å². The molecule has 0 aromatic carbocycles. The van der Waals surface area contributed by atoms with E-state index in [-0.39, 0.29) is 0 Å². The van der Waals surface area contributed by atoms with Gasteiger partial charge in [-0.3, -0.25) is 0 Å². The number of hydrogen-bond donors (Lipinski definition) is 2. The van der Waals surface area contributed by atoms with Gasteiger partial charge in [-0.2, -0.15) is 0 Å². The lowest BCUT2D eigenvalue weighted by Gasteiger charge is -2.10. The molecule has 4 nitrogen and oxygen atoms in total. The van der Waals surface area contributed by atoms with Gasteiger partial charge in [0.2, 0.25) is 0 Å². The van der Waals surface area contributed by atoms with Crippen molar-refractivity contribution < 1.29 is 0 Å². The molecule has 0 radical (unpaired) electrons. The highest BCUT2D eigenvalue weighted by Gasteiger charge is 2.22. The molecule has 1 aliphatic rings. The van der Waals surface area contributed by atoms with Crippen LogP contribution in [0.4, 0.5) is 0 Å². The predicted octanol–water partition coefficient (Wildman–Crippen LogP) is 2.33. The molecule has 1 aliphatic carbocycles. The second kappa shape index (κ2) is 4.45. The third-order valence-corrected chi connectivity index (χ3v) is 3.69. The van der Waals surface area contributed by atoms with E-state index in [0.29, 0.717) is 5.92 Å². The van der Waals surface area contributed by atoms with E-state index in [1.807, 2.05) is 13.2 Å². The molecule has 0 atom stereocenters. The standard InChI is InChI=1S/C13H18N4/c1-14-6-10-7-15-13-11(10)12(16-8-17-13)9-4-2-3-5-9/h7-9,14H,2-6H2,1H3,(H,15,16,17). The second-order valence-corrected chi connectivity index (χ2v) is 4.81. The normalized spacial score (nSPS) is 17.0. The average molecular weight is 230 g/mol. The first-order valence-electron chi connectivity index (χ1n) is 6.35. The highest BCUT2D eigenvalue weighted by molar-refractivity contribution is 5.82. The van der Waals surface area contributed by atoms with Gasteiger partial charge in [0.1, 0.15) is 12.0 Å². The summed E-state index contributed by atoms with van der Waals surface area (Å²) in [5, 5.41) is 4.45. The number of H-pyrrole nitrogens is 1. The molecule has 0 spiro atoms. The second-order valence-electron chi connectivity index (χ2n) is 4.81. The summed E-state index contributed by atoms with van der Waals surface area (Å²) in [5.74, 6) is 0.631. The van der Waals surface area contributed by atoms with E-state index in [1.165, 1.54) is 42.3 Å². The van der Waals surface area contributed by atoms with Crippen LogP contribution >= 0.6 is 0 Å². The number of nitrogens with zero attached hydrogens (tertiary/aromatic N) is 2. The maximum Gasteiger partial charge on any atom is 0.141 e. The zero-order chi connectivity index (χ0) is 11.7. The van der Waals surface area contributed by atoms with Gasteiger partial charge in [-0.15, -0.1) is 0 Å². The quantitative estimate of drug-likeness (QED) is 0.851. The van der Waals surface area contributed by atoms with Crippen molar-refractivity contribution in [1.82, 2.24) is 20.3 Å². The topological polar surface area (TPSA) is 53.6 Å². The molecule has 0 bridgehead atoms. The summed E-state index contributed by atoms with van der Waals surface area (Å²) in [6.45, 7) is 0.868. The van der Waals surface area contributed by atoms with Crippen LogP contribution in [0.15, 0.2) is 12.5 Å². The molecule has 17 heavy (non-hydrogen) atoms. The lowest BCUT2D eigenvalue weighted by Crippen LogP contribution is -2.06. The number of nitrogens with one attached hydrogen (secondary N) is 2. The van der Waals surface area contributed by atoms with Crippen molar-refractivity contribution in [3.05, 3.63) is 23.8 Å². The fourth-order valence-electron chi connectivity index (χ4n) is 2.89. The van der Waals surface area contributed by atoms with Gasteiger partial charge in [-0.25, -0.2) is 9.97 Å². The number of hydrogen-bond acceptors (Lipinski definition) is 3. The maximum atomic E-state index is 4.55. The Kier molecular flexibility index (Phi) is 2.81. The molecule has 1 fully saturated rings. The molecule has 2 aromatic rings. The van der Waals surface area contributed by atoms with Gasteiger partial charge >= 0.3 is 0 Å². The molecule has 2 N–H and O–H groups in total. The highest BCUT2D eigenvalue weighted by atomic mass is 14.9. The molecule has 0 amide bonds.